The van der Waals surface area contributed by atoms with Crippen molar-refractivity contribution in [2.45, 2.75) is 45.4 Å². The van der Waals surface area contributed by atoms with Gasteiger partial charge < -0.3 is 19.1 Å². The maximum Gasteiger partial charge on any atom is 0.335 e. The van der Waals surface area contributed by atoms with Crippen molar-refractivity contribution in [2.24, 2.45) is 0 Å². The Hall–Kier alpha value is -4.63. The molecule has 214 valence electrons. The van der Waals surface area contributed by atoms with Crippen molar-refractivity contribution in [3.8, 4) is 17.1 Å². The molecular formula is C33H29F2N3O4. The van der Waals surface area contributed by atoms with E-state index in [0.717, 1.165) is 18.4 Å². The quantitative estimate of drug-likeness (QED) is 0.212. The predicted molar refractivity (Wildman–Crippen MR) is 154 cm³/mol. The summed E-state index contributed by atoms with van der Waals surface area (Å²) in [7, 11) is 0. The molecule has 3 heterocycles. The summed E-state index contributed by atoms with van der Waals surface area (Å²) in [5.74, 6) is -0.839. The molecule has 0 aliphatic carbocycles. The van der Waals surface area contributed by atoms with Gasteiger partial charge in [-0.15, -0.1) is 0 Å². The van der Waals surface area contributed by atoms with E-state index in [1.165, 1.54) is 18.2 Å². The van der Waals surface area contributed by atoms with Crippen LogP contribution >= 0.6 is 0 Å². The van der Waals surface area contributed by atoms with E-state index >= 15 is 4.39 Å². The summed E-state index contributed by atoms with van der Waals surface area (Å²) >= 11 is 0. The molecule has 0 radical (unpaired) electrons. The first-order chi connectivity index (χ1) is 20.3. The van der Waals surface area contributed by atoms with Crippen molar-refractivity contribution >= 4 is 17.0 Å². The fourth-order valence-corrected chi connectivity index (χ4v) is 5.26. The standard InChI is InChI=1S/C33H29F2N3O4/c1-20-7-9-23(26(34)14-20)19-42-32-6-2-5-28(37-32)25-11-8-21(15-27(25)35)16-31-36-29-12-10-22(33(39)40)17-30(29)38(31)18-24-4-3-13-41-24/h2,5-12,14-15,17,24H,3-4,13,16,18-19H2,1H3,(H,39,40)/t24-/m0/s1. The van der Waals surface area contributed by atoms with Crippen LogP contribution in [0.25, 0.3) is 22.3 Å². The van der Waals surface area contributed by atoms with Crippen molar-refractivity contribution in [1.29, 1.82) is 0 Å². The van der Waals surface area contributed by atoms with Gasteiger partial charge in [0.25, 0.3) is 0 Å². The SMILES string of the molecule is Cc1ccc(COc2cccc(-c3ccc(Cc4nc5ccc(C(=O)O)cc5n4C[C@@H]4CCCO4)cc3F)n2)c(F)c1. The molecule has 0 unspecified atom stereocenters. The van der Waals surface area contributed by atoms with E-state index in [1.54, 1.807) is 42.5 Å². The van der Waals surface area contributed by atoms with Crippen LogP contribution in [0, 0.1) is 18.6 Å². The third-order valence-electron chi connectivity index (χ3n) is 7.46. The number of hydrogen-bond acceptors (Lipinski definition) is 5. The summed E-state index contributed by atoms with van der Waals surface area (Å²) in [5, 5.41) is 9.51. The van der Waals surface area contributed by atoms with Gasteiger partial charge in [-0.2, -0.15) is 0 Å². The molecule has 0 spiro atoms. The van der Waals surface area contributed by atoms with Gasteiger partial charge in [0.05, 0.1) is 34.9 Å². The Kier molecular flexibility index (Phi) is 7.67. The largest absolute Gasteiger partial charge is 0.478 e. The topological polar surface area (TPSA) is 86.5 Å². The molecule has 0 bridgehead atoms. The number of aryl methyl sites for hydroxylation is 1. The molecule has 7 nitrogen and oxygen atoms in total. The van der Waals surface area contributed by atoms with Crippen LogP contribution in [0.15, 0.2) is 72.8 Å². The third-order valence-corrected chi connectivity index (χ3v) is 7.46. The second kappa shape index (κ2) is 11.7. The third kappa shape index (κ3) is 5.87. The van der Waals surface area contributed by atoms with Gasteiger partial charge in [-0.3, -0.25) is 0 Å². The summed E-state index contributed by atoms with van der Waals surface area (Å²) in [6, 6.07) is 19.8. The number of halogens is 2. The number of rotatable bonds is 9. The average molecular weight is 570 g/mol. The molecule has 3 aromatic carbocycles. The number of hydrogen-bond donors (Lipinski definition) is 1. The molecule has 2 aromatic heterocycles. The predicted octanol–water partition coefficient (Wildman–Crippen LogP) is 6.73. The van der Waals surface area contributed by atoms with Gasteiger partial charge in [-0.25, -0.2) is 23.5 Å². The molecule has 5 aromatic rings. The lowest BCUT2D eigenvalue weighted by Gasteiger charge is -2.15. The van der Waals surface area contributed by atoms with E-state index in [9.17, 15) is 14.3 Å². The lowest BCUT2D eigenvalue weighted by atomic mass is 10.1. The van der Waals surface area contributed by atoms with Crippen molar-refractivity contribution in [2.75, 3.05) is 6.61 Å². The van der Waals surface area contributed by atoms with Gasteiger partial charge >= 0.3 is 5.97 Å². The maximum absolute atomic E-state index is 15.4. The van der Waals surface area contributed by atoms with Crippen LogP contribution in [-0.4, -0.2) is 38.3 Å². The summed E-state index contributed by atoms with van der Waals surface area (Å²) in [6.07, 6.45) is 2.25. The number of aromatic carboxylic acids is 1. The van der Waals surface area contributed by atoms with Gasteiger partial charge in [-0.05, 0) is 73.4 Å². The van der Waals surface area contributed by atoms with E-state index in [1.807, 2.05) is 23.6 Å². The van der Waals surface area contributed by atoms with Crippen molar-refractivity contribution in [3.05, 3.63) is 113 Å². The minimum atomic E-state index is -1.01. The molecular weight excluding hydrogens is 540 g/mol. The molecule has 9 heteroatoms. The van der Waals surface area contributed by atoms with Crippen LogP contribution in [0.5, 0.6) is 5.88 Å². The van der Waals surface area contributed by atoms with Gasteiger partial charge in [0.15, 0.2) is 0 Å². The Morgan fingerprint density at radius 3 is 2.69 bits per heavy atom. The van der Waals surface area contributed by atoms with E-state index in [2.05, 4.69) is 4.98 Å². The minimum Gasteiger partial charge on any atom is -0.478 e. The summed E-state index contributed by atoms with van der Waals surface area (Å²) in [5.41, 5.74) is 4.22. The number of fused-ring (bicyclic) bond motifs is 1. The summed E-state index contributed by atoms with van der Waals surface area (Å²) in [4.78, 5) is 20.8. The molecule has 42 heavy (non-hydrogen) atoms. The Morgan fingerprint density at radius 2 is 1.93 bits per heavy atom. The van der Waals surface area contributed by atoms with E-state index in [-0.39, 0.29) is 30.0 Å². The highest BCUT2D eigenvalue weighted by Gasteiger charge is 2.21. The number of benzene rings is 3. The van der Waals surface area contributed by atoms with E-state index in [0.29, 0.717) is 58.8 Å². The lowest BCUT2D eigenvalue weighted by Crippen LogP contribution is -2.17. The zero-order valence-corrected chi connectivity index (χ0v) is 23.0. The minimum absolute atomic E-state index is 0.00480. The number of ether oxygens (including phenoxy) is 2. The second-order valence-corrected chi connectivity index (χ2v) is 10.5. The molecule has 1 saturated heterocycles. The molecule has 1 N–H and O–H groups in total. The van der Waals surface area contributed by atoms with Crippen molar-refractivity contribution < 1.29 is 28.2 Å². The van der Waals surface area contributed by atoms with Crippen molar-refractivity contribution in [3.63, 3.8) is 0 Å². The molecule has 1 aliphatic heterocycles. The van der Waals surface area contributed by atoms with E-state index < -0.39 is 11.8 Å². The first-order valence-electron chi connectivity index (χ1n) is 13.8. The van der Waals surface area contributed by atoms with Gasteiger partial charge in [0.1, 0.15) is 24.1 Å². The number of carboxylic acid groups (broad SMARTS) is 1. The Labute approximate surface area is 241 Å². The summed E-state index contributed by atoms with van der Waals surface area (Å²) in [6.45, 7) is 3.06. The smallest absolute Gasteiger partial charge is 0.335 e. The number of nitrogens with zero attached hydrogens (tertiary/aromatic N) is 3. The zero-order chi connectivity index (χ0) is 29.2. The van der Waals surface area contributed by atoms with Crippen LogP contribution in [0.3, 0.4) is 0 Å². The number of carbonyl (C=O) groups is 1. The summed E-state index contributed by atoms with van der Waals surface area (Å²) < 4.78 is 43.2. The maximum atomic E-state index is 15.4. The Morgan fingerprint density at radius 1 is 1.05 bits per heavy atom. The normalized spacial score (nSPS) is 14.9. The highest BCUT2D eigenvalue weighted by atomic mass is 19.1. The lowest BCUT2D eigenvalue weighted by molar-refractivity contribution is 0.0697. The molecule has 1 atom stereocenters. The number of imidazole rings is 1. The average Bonchev–Trinajstić information content (AvgIpc) is 3.61. The molecule has 1 aliphatic rings. The highest BCUT2D eigenvalue weighted by molar-refractivity contribution is 5.92. The van der Waals surface area contributed by atoms with Crippen LogP contribution in [-0.2, 0) is 24.3 Å². The van der Waals surface area contributed by atoms with Crippen LogP contribution in [0.1, 0.15) is 45.7 Å². The molecule has 0 saturated carbocycles. The Balaban J connectivity index is 1.24. The molecule has 0 amide bonds. The monoisotopic (exact) mass is 569 g/mol. The number of carboxylic acids is 1. The van der Waals surface area contributed by atoms with Gasteiger partial charge in [0.2, 0.25) is 5.88 Å². The van der Waals surface area contributed by atoms with Gasteiger partial charge in [0, 0.05) is 30.2 Å². The highest BCUT2D eigenvalue weighted by Crippen LogP contribution is 2.27. The Bertz CT molecular complexity index is 1780. The van der Waals surface area contributed by atoms with Crippen LogP contribution in [0.4, 0.5) is 8.78 Å². The van der Waals surface area contributed by atoms with E-state index in [4.69, 9.17) is 14.5 Å². The second-order valence-electron chi connectivity index (χ2n) is 10.5. The first-order valence-corrected chi connectivity index (χ1v) is 13.8. The van der Waals surface area contributed by atoms with Gasteiger partial charge in [-0.1, -0.05) is 24.3 Å². The van der Waals surface area contributed by atoms with Crippen LogP contribution < -0.4 is 4.74 Å². The van der Waals surface area contributed by atoms with Crippen molar-refractivity contribution in [1.82, 2.24) is 14.5 Å². The van der Waals surface area contributed by atoms with Crippen LogP contribution in [0.2, 0.25) is 0 Å². The number of pyridine rings is 1. The fourth-order valence-electron chi connectivity index (χ4n) is 5.26. The zero-order valence-electron chi connectivity index (χ0n) is 23.0. The fraction of sp³-hybridized carbons (Fsp3) is 0.242. The number of aromatic nitrogens is 3. The molecule has 6 rings (SSSR count). The first kappa shape index (κ1) is 27.5. The molecule has 1 fully saturated rings.